The van der Waals surface area contributed by atoms with Crippen LogP contribution in [0.25, 0.3) is 101 Å². The molecule has 0 unspecified atom stereocenters. The Morgan fingerprint density at radius 3 is 2.07 bits per heavy atom. The van der Waals surface area contributed by atoms with Gasteiger partial charge in [0, 0.05) is 32.8 Å². The fraction of sp³-hybridized carbons (Fsp3) is 0.0500. The Morgan fingerprint density at radius 2 is 1.18 bits per heavy atom. The molecular weight excluding hydrogens is 540 g/mol. The number of rotatable bonds is 3. The second-order valence-corrected chi connectivity index (χ2v) is 11.6. The predicted octanol–water partition coefficient (Wildman–Crippen LogP) is 9.22. The molecule has 10 rings (SSSR count). The van der Waals surface area contributed by atoms with Gasteiger partial charge in [0.05, 0.1) is 0 Å². The van der Waals surface area contributed by atoms with Gasteiger partial charge in [0.15, 0.2) is 11.4 Å². The van der Waals surface area contributed by atoms with Gasteiger partial charge < -0.3 is 8.83 Å². The van der Waals surface area contributed by atoms with Gasteiger partial charge in [0.25, 0.3) is 0 Å². The van der Waals surface area contributed by atoms with Crippen LogP contribution in [0.1, 0.15) is 12.8 Å². The molecule has 9 aromatic rings. The normalized spacial score (nSPS) is 13.2. The number of fused-ring (bicyclic) bond motifs is 6. The highest BCUT2D eigenvalue weighted by molar-refractivity contribution is 6.24. The van der Waals surface area contributed by atoms with Crippen LogP contribution in [0.5, 0.6) is 0 Å². The summed E-state index contributed by atoms with van der Waals surface area (Å²) in [5.41, 5.74) is 9.03. The summed E-state index contributed by atoms with van der Waals surface area (Å²) in [4.78, 5) is 10.2. The second-order valence-electron chi connectivity index (χ2n) is 11.6. The number of benzene rings is 6. The molecule has 0 saturated heterocycles. The molecule has 4 heteroatoms. The van der Waals surface area contributed by atoms with Gasteiger partial charge in [-0.15, -0.1) is 0 Å². The van der Waals surface area contributed by atoms with Crippen molar-refractivity contribution in [2.75, 3.05) is 0 Å². The molecule has 0 atom stereocenters. The molecule has 3 aromatic heterocycles. The maximum absolute atomic E-state index is 6.67. The van der Waals surface area contributed by atoms with Crippen molar-refractivity contribution >= 4 is 66.9 Å². The first-order valence-corrected chi connectivity index (χ1v) is 15.1. The molecule has 1 aliphatic carbocycles. The van der Waals surface area contributed by atoms with Crippen LogP contribution in [0.2, 0.25) is 0 Å². The van der Waals surface area contributed by atoms with Crippen LogP contribution in [0, 0.1) is 0 Å². The summed E-state index contributed by atoms with van der Waals surface area (Å²) in [5, 5.41) is 8.59. The molecule has 3 heterocycles. The van der Waals surface area contributed by atoms with E-state index in [4.69, 9.17) is 18.8 Å². The second kappa shape index (κ2) is 8.88. The zero-order valence-corrected chi connectivity index (χ0v) is 23.7. The van der Waals surface area contributed by atoms with E-state index in [0.29, 0.717) is 11.4 Å². The van der Waals surface area contributed by atoms with E-state index < -0.39 is 0 Å². The Labute approximate surface area is 251 Å². The maximum Gasteiger partial charge on any atom is 0.180 e. The lowest BCUT2D eigenvalue weighted by Gasteiger charge is -2.11. The van der Waals surface area contributed by atoms with Gasteiger partial charge in [-0.3, -0.25) is 0 Å². The van der Waals surface area contributed by atoms with Crippen molar-refractivity contribution in [3.63, 3.8) is 0 Å². The first-order valence-electron chi connectivity index (χ1n) is 15.1. The van der Waals surface area contributed by atoms with E-state index in [1.165, 1.54) is 32.0 Å². The predicted molar refractivity (Wildman–Crippen MR) is 179 cm³/mol. The highest BCUT2D eigenvalue weighted by Gasteiger charge is 2.21. The lowest BCUT2D eigenvalue weighted by molar-refractivity contribution is 0.667. The number of hydrogen-bond donors (Lipinski definition) is 0. The minimum absolute atomic E-state index is 0.660. The molecule has 1 aliphatic rings. The van der Waals surface area contributed by atoms with E-state index in [2.05, 4.69) is 84.9 Å². The average molecular weight is 565 g/mol. The van der Waals surface area contributed by atoms with Crippen LogP contribution < -0.4 is 10.4 Å². The lowest BCUT2D eigenvalue weighted by Crippen LogP contribution is -2.28. The summed E-state index contributed by atoms with van der Waals surface area (Å²) in [5.74, 6) is 0.660. The van der Waals surface area contributed by atoms with Crippen LogP contribution in [0.3, 0.4) is 0 Å². The number of hydrogen-bond acceptors (Lipinski definition) is 4. The van der Waals surface area contributed by atoms with Crippen LogP contribution in [-0.2, 0) is 0 Å². The van der Waals surface area contributed by atoms with Crippen LogP contribution in [0.4, 0.5) is 0 Å². The van der Waals surface area contributed by atoms with E-state index in [0.717, 1.165) is 68.4 Å². The SMILES string of the molecule is C1=c2c(c3ccc(-c4cccc(-c5nc(-c6ccccc6)c6oc7ccccc7c6n5)c4)c4oc5cccc2c5c43)=CCC1. The number of nitrogens with zero attached hydrogens (tertiary/aromatic N) is 2. The average Bonchev–Trinajstić information content (AvgIpc) is 3.67. The van der Waals surface area contributed by atoms with Crippen molar-refractivity contribution in [2.45, 2.75) is 12.8 Å². The third kappa shape index (κ3) is 3.28. The van der Waals surface area contributed by atoms with Crippen molar-refractivity contribution in [3.05, 3.63) is 120 Å². The van der Waals surface area contributed by atoms with Crippen LogP contribution in [-0.4, -0.2) is 9.97 Å². The Hall–Kier alpha value is -5.74. The van der Waals surface area contributed by atoms with E-state index in [9.17, 15) is 0 Å². The topological polar surface area (TPSA) is 52.1 Å². The molecule has 0 N–H and O–H groups in total. The zero-order valence-electron chi connectivity index (χ0n) is 23.7. The standard InChI is InChI=1S/C40H24N2O2/c1-2-10-23(11-3-1)36-39-37(31-16-6-7-18-32(31)43-39)42-40(41-36)25-13-8-12-24(22-25)26-20-21-30-28-15-5-4-14-27(28)29-17-9-19-33-34(29)35(30)38(26)44-33/h1-3,6-22H,4-5H2. The van der Waals surface area contributed by atoms with Crippen molar-refractivity contribution in [1.29, 1.82) is 0 Å². The fourth-order valence-electron chi connectivity index (χ4n) is 7.12. The highest BCUT2D eigenvalue weighted by Crippen LogP contribution is 2.41. The molecule has 6 aromatic carbocycles. The Kier molecular flexibility index (Phi) is 4.80. The van der Waals surface area contributed by atoms with E-state index >= 15 is 0 Å². The number of furan rings is 2. The van der Waals surface area contributed by atoms with Crippen LogP contribution in [0.15, 0.2) is 118 Å². The van der Waals surface area contributed by atoms with Gasteiger partial charge in [-0.1, -0.05) is 91.0 Å². The highest BCUT2D eigenvalue weighted by atomic mass is 16.3. The fourth-order valence-corrected chi connectivity index (χ4v) is 7.12. The molecule has 4 nitrogen and oxygen atoms in total. The largest absolute Gasteiger partial charge is 0.455 e. The third-order valence-corrected chi connectivity index (χ3v) is 9.08. The quantitative estimate of drug-likeness (QED) is 0.201. The summed E-state index contributed by atoms with van der Waals surface area (Å²) in [6.45, 7) is 0. The van der Waals surface area contributed by atoms with Gasteiger partial charge in [-0.25, -0.2) is 9.97 Å². The van der Waals surface area contributed by atoms with Gasteiger partial charge in [-0.2, -0.15) is 0 Å². The monoisotopic (exact) mass is 564 g/mol. The number of para-hydroxylation sites is 1. The van der Waals surface area contributed by atoms with Crippen molar-refractivity contribution in [2.24, 2.45) is 0 Å². The molecular formula is C40H24N2O2. The Balaban J connectivity index is 1.22. The smallest absolute Gasteiger partial charge is 0.180 e. The van der Waals surface area contributed by atoms with E-state index in [1.807, 2.05) is 36.4 Å². The van der Waals surface area contributed by atoms with Crippen molar-refractivity contribution in [1.82, 2.24) is 9.97 Å². The molecule has 0 radical (unpaired) electrons. The molecule has 0 bridgehead atoms. The molecule has 44 heavy (non-hydrogen) atoms. The van der Waals surface area contributed by atoms with Crippen molar-refractivity contribution in [3.8, 4) is 33.8 Å². The first-order chi connectivity index (χ1) is 21.8. The molecule has 0 aliphatic heterocycles. The van der Waals surface area contributed by atoms with E-state index in [-0.39, 0.29) is 0 Å². The molecule has 0 amide bonds. The summed E-state index contributed by atoms with van der Waals surface area (Å²) in [6, 6.07) is 37.6. The van der Waals surface area contributed by atoms with Gasteiger partial charge in [0.2, 0.25) is 0 Å². The minimum Gasteiger partial charge on any atom is -0.455 e. The van der Waals surface area contributed by atoms with E-state index in [1.54, 1.807) is 0 Å². The van der Waals surface area contributed by atoms with Gasteiger partial charge in [0.1, 0.15) is 28.0 Å². The molecule has 0 fully saturated rings. The molecule has 206 valence electrons. The third-order valence-electron chi connectivity index (χ3n) is 9.08. The van der Waals surface area contributed by atoms with Crippen molar-refractivity contribution < 1.29 is 8.83 Å². The van der Waals surface area contributed by atoms with Gasteiger partial charge in [-0.05, 0) is 69.9 Å². The first kappa shape index (κ1) is 23.8. The maximum atomic E-state index is 6.67. The Bertz CT molecular complexity index is 2720. The Morgan fingerprint density at radius 1 is 0.500 bits per heavy atom. The zero-order chi connectivity index (χ0) is 28.8. The van der Waals surface area contributed by atoms with Gasteiger partial charge >= 0.3 is 0 Å². The minimum atomic E-state index is 0.660. The van der Waals surface area contributed by atoms with Crippen LogP contribution >= 0.6 is 0 Å². The summed E-state index contributed by atoms with van der Waals surface area (Å²) in [7, 11) is 0. The summed E-state index contributed by atoms with van der Waals surface area (Å²) >= 11 is 0. The lowest BCUT2D eigenvalue weighted by atomic mass is 9.92. The number of aromatic nitrogens is 2. The summed E-state index contributed by atoms with van der Waals surface area (Å²) in [6.07, 6.45) is 6.91. The molecule has 0 saturated carbocycles. The summed E-state index contributed by atoms with van der Waals surface area (Å²) < 4.78 is 13.0. The molecule has 0 spiro atoms.